The van der Waals surface area contributed by atoms with Gasteiger partial charge in [0, 0.05) is 17.3 Å². The fourth-order valence-corrected chi connectivity index (χ4v) is 2.24. The predicted molar refractivity (Wildman–Crippen MR) is 99.1 cm³/mol. The van der Waals surface area contributed by atoms with Gasteiger partial charge in [-0.15, -0.1) is 0 Å². The molecule has 0 heterocycles. The van der Waals surface area contributed by atoms with E-state index in [-0.39, 0.29) is 22.6 Å². The first-order valence-electron chi connectivity index (χ1n) is 7.64. The van der Waals surface area contributed by atoms with Crippen LogP contribution in [0.25, 0.3) is 0 Å². The summed E-state index contributed by atoms with van der Waals surface area (Å²) in [5, 5.41) is 8.05. The summed E-state index contributed by atoms with van der Waals surface area (Å²) < 4.78 is 13.6. The van der Waals surface area contributed by atoms with E-state index in [4.69, 9.17) is 12.2 Å². The first-order chi connectivity index (χ1) is 11.9. The number of carbonyl (C=O) groups is 2. The molecular formula is C18H18FN3O2S. The zero-order chi connectivity index (χ0) is 18.4. The van der Waals surface area contributed by atoms with Gasteiger partial charge in [0.1, 0.15) is 5.82 Å². The van der Waals surface area contributed by atoms with Crippen LogP contribution < -0.4 is 16.0 Å². The minimum Gasteiger partial charge on any atom is -0.350 e. The topological polar surface area (TPSA) is 70.2 Å². The molecule has 0 aliphatic rings. The Morgan fingerprint density at radius 2 is 1.64 bits per heavy atom. The minimum absolute atomic E-state index is 0.0348. The van der Waals surface area contributed by atoms with Crippen LogP contribution in [0.2, 0.25) is 0 Å². The lowest BCUT2D eigenvalue weighted by atomic mass is 10.2. The van der Waals surface area contributed by atoms with E-state index in [1.165, 1.54) is 18.2 Å². The first kappa shape index (κ1) is 18.5. The maximum Gasteiger partial charge on any atom is 0.260 e. The number of hydrogen-bond donors (Lipinski definition) is 3. The van der Waals surface area contributed by atoms with Gasteiger partial charge in [-0.05, 0) is 62.5 Å². The number of thiocarbonyl (C=S) groups is 1. The van der Waals surface area contributed by atoms with Crippen molar-refractivity contribution in [3.05, 3.63) is 65.5 Å². The number of halogens is 1. The fourth-order valence-electron chi connectivity index (χ4n) is 2.03. The predicted octanol–water partition coefficient (Wildman–Crippen LogP) is 3.09. The maximum absolute atomic E-state index is 13.6. The molecule has 0 spiro atoms. The highest BCUT2D eigenvalue weighted by Gasteiger charge is 2.12. The Bertz CT molecular complexity index is 791. The molecule has 0 saturated carbocycles. The average Bonchev–Trinajstić information content (AvgIpc) is 2.55. The van der Waals surface area contributed by atoms with Crippen LogP contribution >= 0.6 is 12.2 Å². The Kier molecular flexibility index (Phi) is 6.19. The highest BCUT2D eigenvalue weighted by atomic mass is 32.1. The molecule has 2 aromatic rings. The van der Waals surface area contributed by atoms with Crippen LogP contribution in [-0.2, 0) is 0 Å². The van der Waals surface area contributed by atoms with E-state index in [0.717, 1.165) is 0 Å². The van der Waals surface area contributed by atoms with E-state index in [9.17, 15) is 14.0 Å². The molecule has 0 radical (unpaired) electrons. The van der Waals surface area contributed by atoms with Crippen LogP contribution in [0, 0.1) is 5.82 Å². The molecule has 0 saturated heterocycles. The summed E-state index contributed by atoms with van der Waals surface area (Å²) in [5.74, 6) is -1.43. The number of benzene rings is 2. The van der Waals surface area contributed by atoms with Crippen molar-refractivity contribution in [3.63, 3.8) is 0 Å². The number of amides is 2. The van der Waals surface area contributed by atoms with Crippen LogP contribution in [0.3, 0.4) is 0 Å². The van der Waals surface area contributed by atoms with Gasteiger partial charge in [0.05, 0.1) is 5.56 Å². The van der Waals surface area contributed by atoms with E-state index in [0.29, 0.717) is 11.3 Å². The van der Waals surface area contributed by atoms with Gasteiger partial charge in [-0.1, -0.05) is 12.1 Å². The molecule has 2 amide bonds. The summed E-state index contributed by atoms with van der Waals surface area (Å²) in [7, 11) is 0. The Balaban J connectivity index is 1.95. The molecule has 0 unspecified atom stereocenters. The standard InChI is InChI=1S/C18H18FN3O2S/c1-11(2)20-16(23)12-7-9-13(10-8-12)21-18(25)22-17(24)14-5-3-4-6-15(14)19/h3-11H,1-2H3,(H,20,23)(H2,21,22,24,25). The van der Waals surface area contributed by atoms with Crippen LogP contribution in [0.1, 0.15) is 34.6 Å². The highest BCUT2D eigenvalue weighted by Crippen LogP contribution is 2.10. The second kappa shape index (κ2) is 8.34. The smallest absolute Gasteiger partial charge is 0.260 e. The lowest BCUT2D eigenvalue weighted by Crippen LogP contribution is -2.34. The number of anilines is 1. The van der Waals surface area contributed by atoms with Gasteiger partial charge in [0.15, 0.2) is 5.11 Å². The quantitative estimate of drug-likeness (QED) is 0.734. The SMILES string of the molecule is CC(C)NC(=O)c1ccc(NC(=S)NC(=O)c2ccccc2F)cc1. The summed E-state index contributed by atoms with van der Waals surface area (Å²) in [6, 6.07) is 12.3. The van der Waals surface area contributed by atoms with Crippen LogP contribution in [0.5, 0.6) is 0 Å². The van der Waals surface area contributed by atoms with Crippen LogP contribution in [0.15, 0.2) is 48.5 Å². The largest absolute Gasteiger partial charge is 0.350 e. The third kappa shape index (κ3) is 5.36. The van der Waals surface area contributed by atoms with Crippen molar-refractivity contribution in [2.24, 2.45) is 0 Å². The molecule has 0 aromatic heterocycles. The van der Waals surface area contributed by atoms with Gasteiger partial charge in [-0.3, -0.25) is 14.9 Å². The van der Waals surface area contributed by atoms with Crippen LogP contribution in [0.4, 0.5) is 10.1 Å². The second-order valence-corrected chi connectivity index (χ2v) is 6.00. The summed E-state index contributed by atoms with van der Waals surface area (Å²) in [5.41, 5.74) is 1.02. The lowest BCUT2D eigenvalue weighted by molar-refractivity contribution is 0.0941. The van der Waals surface area contributed by atoms with Crippen molar-refractivity contribution in [2.75, 3.05) is 5.32 Å². The molecule has 130 valence electrons. The van der Waals surface area contributed by atoms with Crippen molar-refractivity contribution in [2.45, 2.75) is 19.9 Å². The highest BCUT2D eigenvalue weighted by molar-refractivity contribution is 7.80. The minimum atomic E-state index is -0.636. The summed E-state index contributed by atoms with van der Waals surface area (Å²) in [6.45, 7) is 3.76. The van der Waals surface area contributed by atoms with E-state index in [2.05, 4.69) is 16.0 Å². The number of nitrogens with one attached hydrogen (secondary N) is 3. The third-order valence-electron chi connectivity index (χ3n) is 3.17. The van der Waals surface area contributed by atoms with Gasteiger partial charge >= 0.3 is 0 Å². The zero-order valence-electron chi connectivity index (χ0n) is 13.8. The third-order valence-corrected chi connectivity index (χ3v) is 3.37. The molecule has 2 rings (SSSR count). The van der Waals surface area contributed by atoms with Gasteiger partial charge in [0.25, 0.3) is 11.8 Å². The molecule has 0 fully saturated rings. The fraction of sp³-hybridized carbons (Fsp3) is 0.167. The lowest BCUT2D eigenvalue weighted by Gasteiger charge is -2.11. The van der Waals surface area contributed by atoms with Crippen molar-refractivity contribution < 1.29 is 14.0 Å². The number of carbonyl (C=O) groups excluding carboxylic acids is 2. The van der Waals surface area contributed by atoms with E-state index >= 15 is 0 Å². The van der Waals surface area contributed by atoms with E-state index in [1.807, 2.05) is 13.8 Å². The Hall–Kier alpha value is -2.80. The molecule has 0 bridgehead atoms. The molecule has 7 heteroatoms. The van der Waals surface area contributed by atoms with Gasteiger partial charge in [0.2, 0.25) is 0 Å². The number of rotatable bonds is 4. The molecule has 2 aromatic carbocycles. The Morgan fingerprint density at radius 3 is 2.24 bits per heavy atom. The zero-order valence-corrected chi connectivity index (χ0v) is 14.6. The second-order valence-electron chi connectivity index (χ2n) is 5.59. The van der Waals surface area contributed by atoms with E-state index in [1.54, 1.807) is 30.3 Å². The molecule has 25 heavy (non-hydrogen) atoms. The molecule has 0 aliphatic carbocycles. The van der Waals surface area contributed by atoms with Crippen molar-refractivity contribution in [1.29, 1.82) is 0 Å². The van der Waals surface area contributed by atoms with E-state index < -0.39 is 11.7 Å². The summed E-state index contributed by atoms with van der Waals surface area (Å²) in [6.07, 6.45) is 0. The molecule has 0 atom stereocenters. The van der Waals surface area contributed by atoms with Gasteiger partial charge in [-0.2, -0.15) is 0 Å². The summed E-state index contributed by atoms with van der Waals surface area (Å²) >= 11 is 5.05. The Morgan fingerprint density at radius 1 is 1.00 bits per heavy atom. The Labute approximate surface area is 150 Å². The van der Waals surface area contributed by atoms with Crippen molar-refractivity contribution >= 4 is 34.8 Å². The number of hydrogen-bond acceptors (Lipinski definition) is 3. The molecule has 0 aliphatic heterocycles. The average molecular weight is 359 g/mol. The van der Waals surface area contributed by atoms with Gasteiger partial charge < -0.3 is 10.6 Å². The van der Waals surface area contributed by atoms with Gasteiger partial charge in [-0.25, -0.2) is 4.39 Å². The molecule has 3 N–H and O–H groups in total. The molecular weight excluding hydrogens is 341 g/mol. The van der Waals surface area contributed by atoms with Crippen molar-refractivity contribution in [3.8, 4) is 0 Å². The maximum atomic E-state index is 13.6. The normalized spacial score (nSPS) is 10.2. The monoisotopic (exact) mass is 359 g/mol. The van der Waals surface area contributed by atoms with Crippen LogP contribution in [-0.4, -0.2) is 23.0 Å². The molecule has 5 nitrogen and oxygen atoms in total. The first-order valence-corrected chi connectivity index (χ1v) is 8.05. The van der Waals surface area contributed by atoms with Crippen molar-refractivity contribution in [1.82, 2.24) is 10.6 Å². The summed E-state index contributed by atoms with van der Waals surface area (Å²) in [4.78, 5) is 23.9.